The van der Waals surface area contributed by atoms with Crippen molar-refractivity contribution in [1.82, 2.24) is 19.9 Å². The molecule has 1 fully saturated rings. The van der Waals surface area contributed by atoms with Crippen molar-refractivity contribution < 1.29 is 9.32 Å². The van der Waals surface area contributed by atoms with Crippen LogP contribution in [0.1, 0.15) is 16.5 Å². The van der Waals surface area contributed by atoms with Gasteiger partial charge >= 0.3 is 0 Å². The summed E-state index contributed by atoms with van der Waals surface area (Å²) >= 11 is 0. The average Bonchev–Trinajstić information content (AvgIpc) is 2.76. The van der Waals surface area contributed by atoms with Crippen LogP contribution in [0.2, 0.25) is 0 Å². The first-order chi connectivity index (χ1) is 7.78. The Morgan fingerprint density at radius 3 is 2.75 bits per heavy atom. The van der Waals surface area contributed by atoms with Crippen LogP contribution in [0.4, 0.5) is 0 Å². The number of carbonyl (C=O) groups is 1. The van der Waals surface area contributed by atoms with E-state index in [-0.39, 0.29) is 5.89 Å². The molecule has 0 aliphatic carbocycles. The molecule has 1 aromatic rings. The lowest BCUT2D eigenvalue weighted by Crippen LogP contribution is -2.45. The second-order valence-corrected chi connectivity index (χ2v) is 4.06. The molecule has 16 heavy (non-hydrogen) atoms. The lowest BCUT2D eigenvalue weighted by molar-refractivity contribution is 0.108. The lowest BCUT2D eigenvalue weighted by atomic mass is 10.3. The number of carbonyl (C=O) groups excluding carboxylic acids is 1. The molecular formula is C10H16N4O2. The van der Waals surface area contributed by atoms with Gasteiger partial charge in [-0.2, -0.15) is 4.98 Å². The molecule has 1 aromatic heterocycles. The molecule has 1 aliphatic heterocycles. The van der Waals surface area contributed by atoms with E-state index in [1.165, 1.54) is 0 Å². The van der Waals surface area contributed by atoms with Gasteiger partial charge in [-0.3, -0.25) is 4.79 Å². The van der Waals surface area contributed by atoms with Crippen molar-refractivity contribution in [3.63, 3.8) is 0 Å². The summed E-state index contributed by atoms with van der Waals surface area (Å²) in [4.78, 5) is 19.0. The Balaban J connectivity index is 1.76. The van der Waals surface area contributed by atoms with Gasteiger partial charge in [0.15, 0.2) is 5.82 Å². The Kier molecular flexibility index (Phi) is 3.63. The highest BCUT2D eigenvalue weighted by atomic mass is 16.5. The lowest BCUT2D eigenvalue weighted by Gasteiger charge is -2.31. The summed E-state index contributed by atoms with van der Waals surface area (Å²) in [6, 6.07) is 0. The molecule has 0 atom stereocenters. The monoisotopic (exact) mass is 224 g/mol. The summed E-state index contributed by atoms with van der Waals surface area (Å²) in [5.74, 6) is 0.675. The first-order valence-corrected chi connectivity index (χ1v) is 5.46. The van der Waals surface area contributed by atoms with Crippen LogP contribution < -0.4 is 0 Å². The van der Waals surface area contributed by atoms with Gasteiger partial charge in [-0.15, -0.1) is 0 Å². The predicted molar refractivity (Wildman–Crippen MR) is 57.3 cm³/mol. The number of hydrogen-bond donors (Lipinski definition) is 0. The fourth-order valence-electron chi connectivity index (χ4n) is 1.75. The second-order valence-electron chi connectivity index (χ2n) is 4.06. The van der Waals surface area contributed by atoms with Crippen molar-refractivity contribution in [2.45, 2.75) is 6.42 Å². The van der Waals surface area contributed by atoms with Crippen molar-refractivity contribution in [1.29, 1.82) is 0 Å². The fraction of sp³-hybridized carbons (Fsp3) is 0.700. The SMILES string of the molecule is CN1CCN(CCc2noc(C=O)n2)CC1. The van der Waals surface area contributed by atoms with E-state index in [0.717, 1.165) is 39.1 Å². The smallest absolute Gasteiger partial charge is 0.290 e. The number of nitrogens with zero attached hydrogens (tertiary/aromatic N) is 4. The highest BCUT2D eigenvalue weighted by molar-refractivity contribution is 5.66. The number of aldehydes is 1. The molecule has 2 heterocycles. The summed E-state index contributed by atoms with van der Waals surface area (Å²) in [7, 11) is 2.13. The molecule has 1 aliphatic rings. The minimum Gasteiger partial charge on any atom is -0.331 e. The molecule has 1 saturated heterocycles. The van der Waals surface area contributed by atoms with E-state index in [2.05, 4.69) is 27.0 Å². The minimum atomic E-state index is 0.0633. The first kappa shape index (κ1) is 11.2. The molecule has 2 rings (SSSR count). The molecule has 0 spiro atoms. The van der Waals surface area contributed by atoms with Crippen LogP contribution in [0.25, 0.3) is 0 Å². The fourth-order valence-corrected chi connectivity index (χ4v) is 1.75. The summed E-state index contributed by atoms with van der Waals surface area (Å²) in [5.41, 5.74) is 0. The molecule has 0 N–H and O–H groups in total. The summed E-state index contributed by atoms with van der Waals surface area (Å²) in [5, 5.41) is 3.73. The van der Waals surface area contributed by atoms with E-state index < -0.39 is 0 Å². The van der Waals surface area contributed by atoms with Crippen LogP contribution in [0.5, 0.6) is 0 Å². The van der Waals surface area contributed by atoms with Crippen LogP contribution >= 0.6 is 0 Å². The van der Waals surface area contributed by atoms with Crippen molar-refractivity contribution in [3.8, 4) is 0 Å². The third-order valence-corrected chi connectivity index (χ3v) is 2.83. The predicted octanol–water partition coefficient (Wildman–Crippen LogP) is -0.328. The van der Waals surface area contributed by atoms with Crippen LogP contribution in [-0.4, -0.2) is 66.0 Å². The van der Waals surface area contributed by atoms with E-state index >= 15 is 0 Å². The molecule has 0 unspecified atom stereocenters. The van der Waals surface area contributed by atoms with Gasteiger partial charge in [0.05, 0.1) is 0 Å². The number of piperazine rings is 1. The number of rotatable bonds is 4. The maximum Gasteiger partial charge on any atom is 0.290 e. The van der Waals surface area contributed by atoms with Gasteiger partial charge in [0, 0.05) is 39.1 Å². The quantitative estimate of drug-likeness (QED) is 0.653. The number of aromatic nitrogens is 2. The topological polar surface area (TPSA) is 62.5 Å². The Hall–Kier alpha value is -1.27. The maximum atomic E-state index is 10.3. The molecule has 6 nitrogen and oxygen atoms in total. The molecule has 0 bridgehead atoms. The zero-order valence-electron chi connectivity index (χ0n) is 9.43. The number of hydrogen-bond acceptors (Lipinski definition) is 6. The van der Waals surface area contributed by atoms with Gasteiger partial charge in [0.25, 0.3) is 5.89 Å². The Labute approximate surface area is 94.2 Å². The molecule has 0 amide bonds. The molecule has 0 saturated carbocycles. The van der Waals surface area contributed by atoms with Crippen molar-refractivity contribution in [2.75, 3.05) is 39.8 Å². The molecule has 0 radical (unpaired) electrons. The molecular weight excluding hydrogens is 208 g/mol. The second kappa shape index (κ2) is 5.18. The van der Waals surface area contributed by atoms with Crippen LogP contribution in [0.15, 0.2) is 4.52 Å². The van der Waals surface area contributed by atoms with Gasteiger partial charge in [-0.1, -0.05) is 5.16 Å². The van der Waals surface area contributed by atoms with Gasteiger partial charge < -0.3 is 14.3 Å². The first-order valence-electron chi connectivity index (χ1n) is 5.46. The molecule has 6 heteroatoms. The van der Waals surface area contributed by atoms with Gasteiger partial charge in [-0.25, -0.2) is 0 Å². The summed E-state index contributed by atoms with van der Waals surface area (Å²) in [6.07, 6.45) is 1.31. The van der Waals surface area contributed by atoms with E-state index in [1.807, 2.05) is 0 Å². The Morgan fingerprint density at radius 1 is 1.38 bits per heavy atom. The largest absolute Gasteiger partial charge is 0.331 e. The highest BCUT2D eigenvalue weighted by Gasteiger charge is 2.14. The average molecular weight is 224 g/mol. The Morgan fingerprint density at radius 2 is 2.12 bits per heavy atom. The highest BCUT2D eigenvalue weighted by Crippen LogP contribution is 2.02. The number of likely N-dealkylation sites (N-methyl/N-ethyl adjacent to an activating group) is 1. The standard InChI is InChI=1S/C10H16N4O2/c1-13-4-6-14(7-5-13)3-2-9-11-10(8-15)16-12-9/h8H,2-7H2,1H3. The summed E-state index contributed by atoms with van der Waals surface area (Å²) in [6.45, 7) is 5.28. The van der Waals surface area contributed by atoms with Crippen LogP contribution in [-0.2, 0) is 6.42 Å². The maximum absolute atomic E-state index is 10.3. The Bertz CT molecular complexity index is 344. The van der Waals surface area contributed by atoms with E-state index in [1.54, 1.807) is 0 Å². The third kappa shape index (κ3) is 2.86. The van der Waals surface area contributed by atoms with Crippen LogP contribution in [0.3, 0.4) is 0 Å². The zero-order valence-corrected chi connectivity index (χ0v) is 9.43. The third-order valence-electron chi connectivity index (χ3n) is 2.83. The van der Waals surface area contributed by atoms with E-state index in [0.29, 0.717) is 12.1 Å². The van der Waals surface area contributed by atoms with Gasteiger partial charge in [0.2, 0.25) is 6.29 Å². The van der Waals surface area contributed by atoms with E-state index in [4.69, 9.17) is 4.52 Å². The zero-order chi connectivity index (χ0) is 11.4. The van der Waals surface area contributed by atoms with Gasteiger partial charge in [0.1, 0.15) is 0 Å². The summed E-state index contributed by atoms with van der Waals surface area (Å²) < 4.78 is 4.71. The normalized spacial score (nSPS) is 18.8. The van der Waals surface area contributed by atoms with Crippen LogP contribution in [0, 0.1) is 0 Å². The van der Waals surface area contributed by atoms with Gasteiger partial charge in [-0.05, 0) is 7.05 Å². The molecule has 88 valence electrons. The van der Waals surface area contributed by atoms with Crippen molar-refractivity contribution in [2.24, 2.45) is 0 Å². The minimum absolute atomic E-state index is 0.0633. The molecule has 0 aromatic carbocycles. The van der Waals surface area contributed by atoms with E-state index in [9.17, 15) is 4.79 Å². The van der Waals surface area contributed by atoms with Crippen molar-refractivity contribution >= 4 is 6.29 Å². The van der Waals surface area contributed by atoms with Crippen molar-refractivity contribution in [3.05, 3.63) is 11.7 Å².